The highest BCUT2D eigenvalue weighted by atomic mass is 127. The Bertz CT molecular complexity index is 282. The quantitative estimate of drug-likeness (QED) is 0.423. The second kappa shape index (κ2) is 4.62. The largest absolute Gasteiger partial charge is 0.305 e. The van der Waals surface area contributed by atoms with Gasteiger partial charge in [-0.1, -0.05) is 29.5 Å². The topological polar surface area (TPSA) is 9.72 Å². The zero-order chi connectivity index (χ0) is 12.0. The number of piperidine rings is 1. The zero-order valence-electron chi connectivity index (χ0n) is 11.0. The van der Waals surface area contributed by atoms with Gasteiger partial charge in [-0.2, -0.15) is 0 Å². The van der Waals surface area contributed by atoms with Gasteiger partial charge in [0.2, 0.25) is 0 Å². The molecule has 4 heteroatoms. The van der Waals surface area contributed by atoms with Crippen molar-refractivity contribution in [3.8, 4) is 0 Å². The van der Waals surface area contributed by atoms with E-state index < -0.39 is 0 Å². The van der Waals surface area contributed by atoms with Gasteiger partial charge >= 0.3 is 0 Å². The summed E-state index contributed by atoms with van der Waals surface area (Å²) >= 11 is 2.49. The fourth-order valence-corrected chi connectivity index (χ4v) is 4.84. The van der Waals surface area contributed by atoms with Gasteiger partial charge < -0.3 is 4.90 Å². The third kappa shape index (κ3) is 2.26. The summed E-state index contributed by atoms with van der Waals surface area (Å²) in [6.07, 6.45) is 1.39. The maximum Gasteiger partial charge on any atom is 0.0505 e. The molecule has 3 saturated heterocycles. The fourth-order valence-electron chi connectivity index (χ4n) is 4.22. The smallest absolute Gasteiger partial charge is 0.0505 e. The Labute approximate surface area is 119 Å². The standard InChI is InChI=1S/C13H24IN3/c1-11-5-16(10-14)4-3-12(11)17-8-13(9-17)6-15(2)7-13/h11-12H,3-10H2,1-2H3/t11-,12?/m0/s1. The van der Waals surface area contributed by atoms with Crippen molar-refractivity contribution in [2.75, 3.05) is 50.9 Å². The van der Waals surface area contributed by atoms with Gasteiger partial charge in [-0.15, -0.1) is 0 Å². The summed E-state index contributed by atoms with van der Waals surface area (Å²) in [7, 11) is 2.25. The van der Waals surface area contributed by atoms with Crippen molar-refractivity contribution in [1.82, 2.24) is 14.7 Å². The van der Waals surface area contributed by atoms with E-state index in [-0.39, 0.29) is 0 Å². The van der Waals surface area contributed by atoms with Crippen molar-refractivity contribution in [2.45, 2.75) is 19.4 Å². The van der Waals surface area contributed by atoms with Gasteiger partial charge in [0.05, 0.1) is 4.55 Å². The Hall–Kier alpha value is 0.610. The molecule has 0 saturated carbocycles. The van der Waals surface area contributed by atoms with E-state index in [1.165, 1.54) is 50.2 Å². The molecule has 0 aromatic carbocycles. The molecule has 0 aromatic heterocycles. The van der Waals surface area contributed by atoms with Gasteiger partial charge in [-0.3, -0.25) is 9.80 Å². The molecule has 3 rings (SSSR count). The molecule has 0 N–H and O–H groups in total. The molecule has 0 radical (unpaired) electrons. The third-order valence-corrected chi connectivity index (χ3v) is 5.83. The first kappa shape index (κ1) is 12.6. The van der Waals surface area contributed by atoms with Crippen molar-refractivity contribution in [1.29, 1.82) is 0 Å². The molecule has 1 spiro atoms. The molecule has 0 amide bonds. The van der Waals surface area contributed by atoms with Crippen LogP contribution in [0.25, 0.3) is 0 Å². The average molecular weight is 349 g/mol. The van der Waals surface area contributed by atoms with Crippen LogP contribution in [0.2, 0.25) is 0 Å². The van der Waals surface area contributed by atoms with Crippen molar-refractivity contribution in [3.63, 3.8) is 0 Å². The highest BCUT2D eigenvalue weighted by Gasteiger charge is 2.52. The SMILES string of the molecule is C[C@H]1CN(CI)CCC1N1CC2(CN(C)C2)C1. The van der Waals surface area contributed by atoms with Crippen LogP contribution >= 0.6 is 22.6 Å². The molecule has 3 aliphatic heterocycles. The second-order valence-electron chi connectivity index (χ2n) is 6.61. The Morgan fingerprint density at radius 1 is 1.24 bits per heavy atom. The molecular formula is C13H24IN3. The number of nitrogens with zero attached hydrogens (tertiary/aromatic N) is 3. The van der Waals surface area contributed by atoms with E-state index in [1.54, 1.807) is 0 Å². The Morgan fingerprint density at radius 3 is 2.47 bits per heavy atom. The lowest BCUT2D eigenvalue weighted by Crippen LogP contribution is -2.73. The maximum absolute atomic E-state index is 2.77. The number of hydrogen-bond acceptors (Lipinski definition) is 3. The minimum atomic E-state index is 0.703. The van der Waals surface area contributed by atoms with E-state index in [0.29, 0.717) is 5.41 Å². The highest BCUT2D eigenvalue weighted by Crippen LogP contribution is 2.41. The summed E-state index contributed by atoms with van der Waals surface area (Å²) in [6.45, 7) is 10.5. The summed E-state index contributed by atoms with van der Waals surface area (Å²) in [5, 5.41) is 0. The average Bonchev–Trinajstić information content (AvgIpc) is 2.22. The molecule has 2 atom stereocenters. The van der Waals surface area contributed by atoms with E-state index in [0.717, 1.165) is 12.0 Å². The predicted molar refractivity (Wildman–Crippen MR) is 79.5 cm³/mol. The van der Waals surface area contributed by atoms with Crippen LogP contribution in [0.1, 0.15) is 13.3 Å². The molecule has 3 heterocycles. The first-order valence-electron chi connectivity index (χ1n) is 6.83. The molecule has 3 aliphatic rings. The Morgan fingerprint density at radius 2 is 1.94 bits per heavy atom. The van der Waals surface area contributed by atoms with Crippen LogP contribution < -0.4 is 0 Å². The van der Waals surface area contributed by atoms with Gasteiger partial charge in [0, 0.05) is 50.7 Å². The Balaban J connectivity index is 1.50. The van der Waals surface area contributed by atoms with Crippen LogP contribution in [-0.2, 0) is 0 Å². The summed E-state index contributed by atoms with van der Waals surface area (Å²) in [5.74, 6) is 0.855. The third-order valence-electron chi connectivity index (χ3n) is 4.87. The molecular weight excluding hydrogens is 325 g/mol. The van der Waals surface area contributed by atoms with E-state index in [9.17, 15) is 0 Å². The number of rotatable bonds is 2. The second-order valence-corrected chi connectivity index (χ2v) is 7.29. The number of alkyl halides is 1. The van der Waals surface area contributed by atoms with E-state index in [2.05, 4.69) is 51.3 Å². The van der Waals surface area contributed by atoms with Crippen LogP contribution in [0.5, 0.6) is 0 Å². The van der Waals surface area contributed by atoms with Crippen molar-refractivity contribution >= 4 is 22.6 Å². The maximum atomic E-state index is 2.77. The molecule has 0 bridgehead atoms. The summed E-state index contributed by atoms with van der Waals surface area (Å²) in [4.78, 5) is 7.82. The molecule has 0 aromatic rings. The van der Waals surface area contributed by atoms with Crippen molar-refractivity contribution in [3.05, 3.63) is 0 Å². The van der Waals surface area contributed by atoms with Gasteiger partial charge in [0.15, 0.2) is 0 Å². The monoisotopic (exact) mass is 349 g/mol. The van der Waals surface area contributed by atoms with Crippen LogP contribution in [0.15, 0.2) is 0 Å². The van der Waals surface area contributed by atoms with Crippen molar-refractivity contribution in [2.24, 2.45) is 11.3 Å². The van der Waals surface area contributed by atoms with Gasteiger partial charge in [0.1, 0.15) is 0 Å². The van der Waals surface area contributed by atoms with E-state index >= 15 is 0 Å². The first-order chi connectivity index (χ1) is 8.12. The first-order valence-corrected chi connectivity index (χ1v) is 8.35. The molecule has 3 nitrogen and oxygen atoms in total. The summed E-state index contributed by atoms with van der Waals surface area (Å²) in [6, 6.07) is 0.866. The minimum Gasteiger partial charge on any atom is -0.305 e. The van der Waals surface area contributed by atoms with Crippen LogP contribution in [-0.4, -0.2) is 71.6 Å². The molecule has 17 heavy (non-hydrogen) atoms. The van der Waals surface area contributed by atoms with E-state index in [4.69, 9.17) is 0 Å². The lowest BCUT2D eigenvalue weighted by Gasteiger charge is -2.62. The lowest BCUT2D eigenvalue weighted by atomic mass is 9.71. The van der Waals surface area contributed by atoms with Crippen molar-refractivity contribution < 1.29 is 0 Å². The Kier molecular flexibility index (Phi) is 3.43. The number of likely N-dealkylation sites (tertiary alicyclic amines) is 3. The normalized spacial score (nSPS) is 39.0. The lowest BCUT2D eigenvalue weighted by molar-refractivity contribution is -0.135. The zero-order valence-corrected chi connectivity index (χ0v) is 13.2. The molecule has 98 valence electrons. The van der Waals surface area contributed by atoms with Crippen LogP contribution in [0.4, 0.5) is 0 Å². The molecule has 3 fully saturated rings. The fraction of sp³-hybridized carbons (Fsp3) is 1.00. The highest BCUT2D eigenvalue weighted by molar-refractivity contribution is 14.1. The number of halogens is 1. The molecule has 0 aliphatic carbocycles. The van der Waals surface area contributed by atoms with Crippen LogP contribution in [0, 0.1) is 11.3 Å². The number of hydrogen-bond donors (Lipinski definition) is 0. The van der Waals surface area contributed by atoms with Gasteiger partial charge in [0.25, 0.3) is 0 Å². The minimum absolute atomic E-state index is 0.703. The predicted octanol–water partition coefficient (Wildman–Crippen LogP) is 1.34. The van der Waals surface area contributed by atoms with Crippen LogP contribution in [0.3, 0.4) is 0 Å². The summed E-state index contributed by atoms with van der Waals surface area (Å²) in [5.41, 5.74) is 0.703. The van der Waals surface area contributed by atoms with E-state index in [1.807, 2.05) is 0 Å². The summed E-state index contributed by atoms with van der Waals surface area (Å²) < 4.78 is 1.20. The molecule has 1 unspecified atom stereocenters. The van der Waals surface area contributed by atoms with Gasteiger partial charge in [-0.05, 0) is 19.4 Å². The van der Waals surface area contributed by atoms with Gasteiger partial charge in [-0.25, -0.2) is 0 Å².